The van der Waals surface area contributed by atoms with E-state index < -0.39 is 0 Å². The summed E-state index contributed by atoms with van der Waals surface area (Å²) >= 11 is 0. The lowest BCUT2D eigenvalue weighted by Gasteiger charge is -2.35. The van der Waals surface area contributed by atoms with Crippen LogP contribution in [-0.4, -0.2) is 39.1 Å². The number of hydrogen-bond acceptors (Lipinski definition) is 4. The Morgan fingerprint density at radius 3 is 2.86 bits per heavy atom. The van der Waals surface area contributed by atoms with E-state index in [0.29, 0.717) is 6.04 Å². The van der Waals surface area contributed by atoms with Crippen LogP contribution in [0.15, 0.2) is 30.7 Å². The lowest BCUT2D eigenvalue weighted by Crippen LogP contribution is -2.46. The van der Waals surface area contributed by atoms with Crippen LogP contribution in [-0.2, 0) is 13.6 Å². The molecule has 1 aliphatic heterocycles. The third-order valence-electron chi connectivity index (χ3n) is 3.87. The maximum absolute atomic E-state index is 4.51. The van der Waals surface area contributed by atoms with Gasteiger partial charge in [0, 0.05) is 57.5 Å². The van der Waals surface area contributed by atoms with Gasteiger partial charge < -0.3 is 9.88 Å². The summed E-state index contributed by atoms with van der Waals surface area (Å²) in [6, 6.07) is 4.57. The summed E-state index contributed by atoms with van der Waals surface area (Å²) in [4.78, 5) is 11.4. The highest BCUT2D eigenvalue weighted by Crippen LogP contribution is 2.22. The van der Waals surface area contributed by atoms with Crippen LogP contribution in [0.2, 0.25) is 0 Å². The number of aryl methyl sites for hydroxylation is 2. The fourth-order valence-electron chi connectivity index (χ4n) is 2.71. The van der Waals surface area contributed by atoms with Gasteiger partial charge in [-0.15, -0.1) is 12.4 Å². The molecule has 0 radical (unpaired) electrons. The van der Waals surface area contributed by atoms with Gasteiger partial charge in [-0.1, -0.05) is 6.07 Å². The van der Waals surface area contributed by atoms with Gasteiger partial charge in [0.05, 0.1) is 6.04 Å². The monoisotopic (exact) mass is 307 g/mol. The number of hydrogen-bond donors (Lipinski definition) is 1. The topological polar surface area (TPSA) is 46.0 Å². The molecule has 0 bridgehead atoms. The van der Waals surface area contributed by atoms with E-state index >= 15 is 0 Å². The Labute approximate surface area is 131 Å². The highest BCUT2D eigenvalue weighted by molar-refractivity contribution is 5.85. The predicted octanol–water partition coefficient (Wildman–Crippen LogP) is 1.69. The van der Waals surface area contributed by atoms with Gasteiger partial charge in [0.25, 0.3) is 0 Å². The lowest BCUT2D eigenvalue weighted by molar-refractivity contribution is 0.144. The maximum atomic E-state index is 4.51. The largest absolute Gasteiger partial charge is 0.337 e. The van der Waals surface area contributed by atoms with E-state index in [1.165, 1.54) is 5.56 Å². The molecular formula is C15H22ClN5. The third-order valence-corrected chi connectivity index (χ3v) is 3.87. The second-order valence-corrected chi connectivity index (χ2v) is 5.39. The Morgan fingerprint density at radius 1 is 1.33 bits per heavy atom. The van der Waals surface area contributed by atoms with Crippen LogP contribution in [0.3, 0.4) is 0 Å². The number of pyridine rings is 1. The smallest absolute Gasteiger partial charge is 0.127 e. The van der Waals surface area contributed by atoms with Crippen molar-refractivity contribution < 1.29 is 0 Å². The van der Waals surface area contributed by atoms with Crippen molar-refractivity contribution in [2.75, 3.05) is 19.6 Å². The van der Waals surface area contributed by atoms with Crippen LogP contribution in [0.25, 0.3) is 0 Å². The molecule has 2 aromatic heterocycles. The average Bonchev–Trinajstić information content (AvgIpc) is 2.88. The molecule has 1 fully saturated rings. The molecule has 3 heterocycles. The average molecular weight is 308 g/mol. The van der Waals surface area contributed by atoms with Gasteiger partial charge in [-0.25, -0.2) is 4.98 Å². The number of rotatable bonds is 3. The van der Waals surface area contributed by atoms with Crippen LogP contribution in [0.5, 0.6) is 0 Å². The fraction of sp³-hybridized carbons (Fsp3) is 0.467. The zero-order chi connectivity index (χ0) is 13.9. The zero-order valence-electron chi connectivity index (χ0n) is 12.5. The first-order chi connectivity index (χ1) is 9.74. The van der Waals surface area contributed by atoms with Crippen LogP contribution in [0.1, 0.15) is 23.1 Å². The van der Waals surface area contributed by atoms with E-state index in [9.17, 15) is 0 Å². The van der Waals surface area contributed by atoms with Gasteiger partial charge in [-0.3, -0.25) is 9.88 Å². The molecule has 0 amide bonds. The molecule has 114 valence electrons. The molecule has 3 rings (SSSR count). The molecule has 1 unspecified atom stereocenters. The first kappa shape index (κ1) is 15.9. The summed E-state index contributed by atoms with van der Waals surface area (Å²) in [5.41, 5.74) is 2.33. The number of aromatic nitrogens is 3. The van der Waals surface area contributed by atoms with Gasteiger partial charge in [-0.05, 0) is 18.6 Å². The highest BCUT2D eigenvalue weighted by Gasteiger charge is 2.26. The minimum Gasteiger partial charge on any atom is -0.337 e. The van der Waals surface area contributed by atoms with Gasteiger partial charge in [0.1, 0.15) is 5.82 Å². The molecule has 0 aliphatic carbocycles. The van der Waals surface area contributed by atoms with Crippen LogP contribution >= 0.6 is 12.4 Å². The Hall–Kier alpha value is -1.43. The van der Waals surface area contributed by atoms with Crippen molar-refractivity contribution in [1.82, 2.24) is 24.8 Å². The predicted molar refractivity (Wildman–Crippen MR) is 85.5 cm³/mol. The SMILES string of the molecule is Cc1ccc(CN2CCNCC2c2nccn2C)cn1.Cl. The summed E-state index contributed by atoms with van der Waals surface area (Å²) in [5, 5.41) is 3.46. The molecule has 2 aromatic rings. The summed E-state index contributed by atoms with van der Waals surface area (Å²) in [6.07, 6.45) is 5.86. The normalized spacial score (nSPS) is 19.2. The second-order valence-electron chi connectivity index (χ2n) is 5.39. The molecule has 0 spiro atoms. The zero-order valence-corrected chi connectivity index (χ0v) is 13.3. The Morgan fingerprint density at radius 2 is 2.19 bits per heavy atom. The van der Waals surface area contributed by atoms with Crippen molar-refractivity contribution in [3.63, 3.8) is 0 Å². The number of nitrogens with zero attached hydrogens (tertiary/aromatic N) is 4. The Kier molecular flexibility index (Phi) is 5.33. The molecule has 0 aromatic carbocycles. The summed E-state index contributed by atoms with van der Waals surface area (Å²) in [5.74, 6) is 1.12. The van der Waals surface area contributed by atoms with Crippen LogP contribution < -0.4 is 5.32 Å². The molecule has 1 aliphatic rings. The number of imidazole rings is 1. The third kappa shape index (κ3) is 3.61. The standard InChI is InChI=1S/C15H21N5.ClH/c1-12-3-4-13(9-18-12)11-20-8-5-16-10-14(20)15-17-6-7-19(15)2;/h3-4,6-7,9,14,16H,5,8,10-11H2,1-2H3;1H. The van der Waals surface area contributed by atoms with Gasteiger partial charge in [0.15, 0.2) is 0 Å². The van der Waals surface area contributed by atoms with E-state index in [-0.39, 0.29) is 12.4 Å². The van der Waals surface area contributed by atoms with Gasteiger partial charge in [-0.2, -0.15) is 0 Å². The Bertz CT molecular complexity index is 566. The van der Waals surface area contributed by atoms with Gasteiger partial charge >= 0.3 is 0 Å². The lowest BCUT2D eigenvalue weighted by atomic mass is 10.1. The summed E-state index contributed by atoms with van der Waals surface area (Å²) in [7, 11) is 2.06. The van der Waals surface area contributed by atoms with Crippen molar-refractivity contribution in [3.05, 3.63) is 47.8 Å². The molecule has 5 nitrogen and oxygen atoms in total. The molecule has 21 heavy (non-hydrogen) atoms. The minimum atomic E-state index is 0. The minimum absolute atomic E-state index is 0. The van der Waals surface area contributed by atoms with Crippen LogP contribution in [0.4, 0.5) is 0 Å². The Balaban J connectivity index is 0.00000161. The van der Waals surface area contributed by atoms with Crippen molar-refractivity contribution in [2.45, 2.75) is 19.5 Å². The molecule has 1 saturated heterocycles. The van der Waals surface area contributed by atoms with Gasteiger partial charge in [0.2, 0.25) is 0 Å². The first-order valence-electron chi connectivity index (χ1n) is 7.07. The van der Waals surface area contributed by atoms with E-state index in [4.69, 9.17) is 0 Å². The second kappa shape index (κ2) is 7.02. The van der Waals surface area contributed by atoms with Crippen molar-refractivity contribution >= 4 is 12.4 Å². The molecule has 1 atom stereocenters. The highest BCUT2D eigenvalue weighted by atomic mass is 35.5. The molecular weight excluding hydrogens is 286 g/mol. The van der Waals surface area contributed by atoms with Crippen molar-refractivity contribution in [1.29, 1.82) is 0 Å². The summed E-state index contributed by atoms with van der Waals surface area (Å²) in [6.45, 7) is 5.95. The van der Waals surface area contributed by atoms with E-state index in [1.54, 1.807) is 0 Å². The van der Waals surface area contributed by atoms with E-state index in [0.717, 1.165) is 37.7 Å². The fourth-order valence-corrected chi connectivity index (χ4v) is 2.71. The van der Waals surface area contributed by atoms with Crippen molar-refractivity contribution in [3.8, 4) is 0 Å². The number of halogens is 1. The van der Waals surface area contributed by atoms with Crippen LogP contribution in [0, 0.1) is 6.92 Å². The van der Waals surface area contributed by atoms with E-state index in [1.807, 2.05) is 25.5 Å². The summed E-state index contributed by atoms with van der Waals surface area (Å²) < 4.78 is 2.11. The molecule has 6 heteroatoms. The van der Waals surface area contributed by atoms with E-state index in [2.05, 4.69) is 43.9 Å². The maximum Gasteiger partial charge on any atom is 0.127 e. The van der Waals surface area contributed by atoms with Crippen molar-refractivity contribution in [2.24, 2.45) is 7.05 Å². The first-order valence-corrected chi connectivity index (χ1v) is 7.07. The molecule has 0 saturated carbocycles. The molecule has 1 N–H and O–H groups in total. The number of piperazine rings is 1. The number of nitrogens with one attached hydrogen (secondary N) is 1. The quantitative estimate of drug-likeness (QED) is 0.937.